The molecule has 0 saturated carbocycles. The Bertz CT molecular complexity index is 1030. The summed E-state index contributed by atoms with van der Waals surface area (Å²) in [7, 11) is 0. The smallest absolute Gasteiger partial charge is 0.343 e. The molecule has 0 radical (unpaired) electrons. The maximum atomic E-state index is 12.7. The van der Waals surface area contributed by atoms with Crippen molar-refractivity contribution in [2.45, 2.75) is 26.1 Å². The van der Waals surface area contributed by atoms with E-state index in [4.69, 9.17) is 27.9 Å². The Morgan fingerprint density at radius 3 is 2.78 bits per heavy atom. The van der Waals surface area contributed by atoms with Gasteiger partial charge in [0.25, 0.3) is 0 Å². The molecule has 0 saturated heterocycles. The van der Waals surface area contributed by atoms with Gasteiger partial charge in [0.2, 0.25) is 5.43 Å². The van der Waals surface area contributed by atoms with Crippen LogP contribution in [0.4, 0.5) is 0 Å². The van der Waals surface area contributed by atoms with Crippen molar-refractivity contribution in [3.8, 4) is 0 Å². The Balaban J connectivity index is 2.10. The first-order chi connectivity index (χ1) is 12.9. The fourth-order valence-electron chi connectivity index (χ4n) is 2.78. The largest absolute Gasteiger partial charge is 0.462 e. The Labute approximate surface area is 163 Å². The standard InChI is InChI=1S/C17H16Cl2N4O4/c1-2-27-17(26)13-7-22(5-11(24)6-23-9-20-8-21-23)15-12(16(13)25)3-10(18)4-14(15)19/h3-4,7-9,11,24H,2,5-6H2,1H3. The Morgan fingerprint density at radius 2 is 2.11 bits per heavy atom. The lowest BCUT2D eigenvalue weighted by atomic mass is 10.1. The van der Waals surface area contributed by atoms with Gasteiger partial charge in [0.05, 0.1) is 36.3 Å². The summed E-state index contributed by atoms with van der Waals surface area (Å²) in [6, 6.07) is 2.93. The molecule has 0 amide bonds. The van der Waals surface area contributed by atoms with Crippen LogP contribution in [0.25, 0.3) is 10.9 Å². The monoisotopic (exact) mass is 410 g/mol. The second-order valence-corrected chi connectivity index (χ2v) is 6.64. The van der Waals surface area contributed by atoms with Crippen LogP contribution >= 0.6 is 23.2 Å². The van der Waals surface area contributed by atoms with Gasteiger partial charge < -0.3 is 14.4 Å². The van der Waals surface area contributed by atoms with Crippen LogP contribution < -0.4 is 5.43 Å². The van der Waals surface area contributed by atoms with Crippen LogP contribution in [0, 0.1) is 0 Å². The van der Waals surface area contributed by atoms with Gasteiger partial charge in [-0.05, 0) is 19.1 Å². The Kier molecular flexibility index (Phi) is 5.79. The van der Waals surface area contributed by atoms with E-state index in [0.29, 0.717) is 5.52 Å². The molecule has 1 aromatic carbocycles. The average Bonchev–Trinajstić information content (AvgIpc) is 3.10. The molecule has 0 spiro atoms. The van der Waals surface area contributed by atoms with Crippen molar-refractivity contribution >= 4 is 40.1 Å². The van der Waals surface area contributed by atoms with Crippen LogP contribution in [-0.4, -0.2) is 43.1 Å². The Morgan fingerprint density at radius 1 is 1.33 bits per heavy atom. The van der Waals surface area contributed by atoms with Crippen LogP contribution in [0.3, 0.4) is 0 Å². The van der Waals surface area contributed by atoms with Gasteiger partial charge in [-0.1, -0.05) is 23.2 Å². The van der Waals surface area contributed by atoms with Crippen LogP contribution in [0.15, 0.2) is 35.8 Å². The van der Waals surface area contributed by atoms with Gasteiger partial charge in [-0.2, -0.15) is 5.10 Å². The molecule has 8 nitrogen and oxygen atoms in total. The number of rotatable bonds is 6. The zero-order valence-electron chi connectivity index (χ0n) is 14.3. The third kappa shape index (κ3) is 4.13. The predicted octanol–water partition coefficient (Wildman–Crippen LogP) is 2.14. The van der Waals surface area contributed by atoms with E-state index in [-0.39, 0.29) is 40.7 Å². The van der Waals surface area contributed by atoms with Crippen LogP contribution in [0.1, 0.15) is 17.3 Å². The second kappa shape index (κ2) is 8.08. The van der Waals surface area contributed by atoms with Gasteiger partial charge in [0, 0.05) is 16.6 Å². The first kappa shape index (κ1) is 19.3. The molecule has 0 bridgehead atoms. The lowest BCUT2D eigenvalue weighted by Gasteiger charge is -2.18. The number of ether oxygens (including phenoxy) is 1. The van der Waals surface area contributed by atoms with E-state index in [9.17, 15) is 14.7 Å². The molecule has 3 rings (SSSR count). The normalized spacial score (nSPS) is 12.3. The fraction of sp³-hybridized carbons (Fsp3) is 0.294. The minimum absolute atomic E-state index is 0.0599. The maximum Gasteiger partial charge on any atom is 0.343 e. The van der Waals surface area contributed by atoms with Crippen molar-refractivity contribution in [2.24, 2.45) is 0 Å². The van der Waals surface area contributed by atoms with Gasteiger partial charge >= 0.3 is 5.97 Å². The van der Waals surface area contributed by atoms with Crippen molar-refractivity contribution in [1.82, 2.24) is 19.3 Å². The summed E-state index contributed by atoms with van der Waals surface area (Å²) in [6.45, 7) is 2.01. The molecule has 10 heteroatoms. The van der Waals surface area contributed by atoms with Crippen molar-refractivity contribution in [3.05, 3.63) is 56.8 Å². The molecule has 0 aliphatic carbocycles. The molecule has 1 N–H and O–H groups in total. The second-order valence-electron chi connectivity index (χ2n) is 5.80. The number of hydrogen-bond donors (Lipinski definition) is 1. The number of halogens is 2. The molecule has 142 valence electrons. The van der Waals surface area contributed by atoms with Crippen molar-refractivity contribution in [1.29, 1.82) is 0 Å². The number of carbonyl (C=O) groups is 1. The van der Waals surface area contributed by atoms with Crippen molar-refractivity contribution in [3.63, 3.8) is 0 Å². The molecule has 2 heterocycles. The summed E-state index contributed by atoms with van der Waals surface area (Å²) in [5.74, 6) is -0.750. The fourth-order valence-corrected chi connectivity index (χ4v) is 3.38. The zero-order chi connectivity index (χ0) is 19.6. The summed E-state index contributed by atoms with van der Waals surface area (Å²) in [4.78, 5) is 28.7. The molecular formula is C17H16Cl2N4O4. The first-order valence-electron chi connectivity index (χ1n) is 8.10. The quantitative estimate of drug-likeness (QED) is 0.624. The van der Waals surface area contributed by atoms with E-state index in [0.717, 1.165) is 0 Å². The van der Waals surface area contributed by atoms with E-state index >= 15 is 0 Å². The highest BCUT2D eigenvalue weighted by Crippen LogP contribution is 2.27. The van der Waals surface area contributed by atoms with Gasteiger partial charge in [-0.3, -0.25) is 9.48 Å². The molecular weight excluding hydrogens is 395 g/mol. The molecule has 3 aromatic rings. The topological polar surface area (TPSA) is 99.2 Å². The number of benzene rings is 1. The number of pyridine rings is 1. The lowest BCUT2D eigenvalue weighted by Crippen LogP contribution is -2.26. The zero-order valence-corrected chi connectivity index (χ0v) is 15.8. The van der Waals surface area contributed by atoms with Crippen molar-refractivity contribution in [2.75, 3.05) is 6.61 Å². The number of esters is 1. The van der Waals surface area contributed by atoms with E-state index < -0.39 is 17.5 Å². The van der Waals surface area contributed by atoms with Gasteiger partial charge in [0.1, 0.15) is 18.2 Å². The number of carbonyl (C=O) groups excluding carboxylic acids is 1. The van der Waals surface area contributed by atoms with Gasteiger partial charge in [-0.25, -0.2) is 9.78 Å². The minimum Gasteiger partial charge on any atom is -0.462 e. The molecule has 1 unspecified atom stereocenters. The number of aliphatic hydroxyl groups is 1. The highest BCUT2D eigenvalue weighted by atomic mass is 35.5. The SMILES string of the molecule is CCOC(=O)c1cn(CC(O)Cn2cncn2)c2c(Cl)cc(Cl)cc2c1=O. The third-order valence-electron chi connectivity index (χ3n) is 3.86. The number of nitrogens with zero attached hydrogens (tertiary/aromatic N) is 4. The third-order valence-corrected chi connectivity index (χ3v) is 4.36. The number of aliphatic hydroxyl groups excluding tert-OH is 1. The highest BCUT2D eigenvalue weighted by Gasteiger charge is 2.20. The first-order valence-corrected chi connectivity index (χ1v) is 8.86. The summed E-state index contributed by atoms with van der Waals surface area (Å²) >= 11 is 12.3. The summed E-state index contributed by atoms with van der Waals surface area (Å²) in [6.07, 6.45) is 3.30. The maximum absolute atomic E-state index is 12.7. The molecule has 0 aliphatic rings. The lowest BCUT2D eigenvalue weighted by molar-refractivity contribution is 0.0523. The molecule has 0 fully saturated rings. The minimum atomic E-state index is -0.876. The van der Waals surface area contributed by atoms with Gasteiger partial charge in [-0.15, -0.1) is 0 Å². The van der Waals surface area contributed by atoms with Crippen LogP contribution in [-0.2, 0) is 17.8 Å². The average molecular weight is 411 g/mol. The molecule has 1 atom stereocenters. The van der Waals surface area contributed by atoms with E-state index in [2.05, 4.69) is 10.1 Å². The van der Waals surface area contributed by atoms with Crippen molar-refractivity contribution < 1.29 is 14.6 Å². The molecule has 0 aliphatic heterocycles. The Hall–Kier alpha value is -2.42. The highest BCUT2D eigenvalue weighted by molar-refractivity contribution is 6.38. The van der Waals surface area contributed by atoms with Gasteiger partial charge in [0.15, 0.2) is 0 Å². The summed E-state index contributed by atoms with van der Waals surface area (Å²) in [5, 5.41) is 15.0. The summed E-state index contributed by atoms with van der Waals surface area (Å²) < 4.78 is 7.98. The van der Waals surface area contributed by atoms with E-state index in [1.165, 1.54) is 35.7 Å². The van der Waals surface area contributed by atoms with E-state index in [1.807, 2.05) is 0 Å². The molecule has 27 heavy (non-hydrogen) atoms. The van der Waals surface area contributed by atoms with E-state index in [1.54, 1.807) is 11.5 Å². The molecule has 2 aromatic heterocycles. The van der Waals surface area contributed by atoms with Crippen LogP contribution in [0.2, 0.25) is 10.0 Å². The number of hydrogen-bond acceptors (Lipinski definition) is 6. The number of fused-ring (bicyclic) bond motifs is 1. The summed E-state index contributed by atoms with van der Waals surface area (Å²) in [5.41, 5.74) is -0.317. The predicted molar refractivity (Wildman–Crippen MR) is 100 cm³/mol. The van der Waals surface area contributed by atoms with Crippen LogP contribution in [0.5, 0.6) is 0 Å². The number of aromatic nitrogens is 4.